The summed E-state index contributed by atoms with van der Waals surface area (Å²) >= 11 is 0. The van der Waals surface area contributed by atoms with Crippen LogP contribution in [0.4, 0.5) is 5.82 Å². The third kappa shape index (κ3) is 6.59. The third-order valence-corrected chi connectivity index (χ3v) is 7.08. The Morgan fingerprint density at radius 2 is 1.36 bits per heavy atom. The second-order valence-electron chi connectivity index (χ2n) is 10.5. The molecule has 0 fully saturated rings. The molecule has 2 N–H and O–H groups in total. The first-order valence-electron chi connectivity index (χ1n) is 14.2. The number of ether oxygens (including phenoxy) is 2. The zero-order valence-corrected chi connectivity index (χ0v) is 25.1. The number of benzene rings is 3. The van der Waals surface area contributed by atoms with Crippen molar-refractivity contribution < 1.29 is 14.3 Å². The van der Waals surface area contributed by atoms with Crippen LogP contribution < -0.4 is 25.7 Å². The van der Waals surface area contributed by atoms with Gasteiger partial charge in [-0.05, 0) is 55.3 Å². The normalized spacial score (nSPS) is 10.9. The van der Waals surface area contributed by atoms with Crippen LogP contribution in [0.25, 0.3) is 22.6 Å². The predicted molar refractivity (Wildman–Crippen MR) is 170 cm³/mol. The number of carbonyl (C=O) groups excluding carboxylic acids is 1. The van der Waals surface area contributed by atoms with Crippen molar-refractivity contribution in [2.24, 2.45) is 5.73 Å². The van der Waals surface area contributed by atoms with E-state index < -0.39 is 5.91 Å². The molecule has 0 atom stereocenters. The number of rotatable bonds is 11. The maximum Gasteiger partial charge on any atom is 0.271 e. The van der Waals surface area contributed by atoms with Crippen LogP contribution in [0.2, 0.25) is 0 Å². The molecule has 0 aliphatic carbocycles. The number of nitrogens with two attached hydrogens (primary N) is 1. The summed E-state index contributed by atoms with van der Waals surface area (Å²) in [6, 6.07) is 27.8. The van der Waals surface area contributed by atoms with Gasteiger partial charge in [-0.3, -0.25) is 9.59 Å². The van der Waals surface area contributed by atoms with Crippen molar-refractivity contribution >= 4 is 11.7 Å². The van der Waals surface area contributed by atoms with Gasteiger partial charge in [-0.2, -0.15) is 5.10 Å². The highest BCUT2D eigenvalue weighted by Crippen LogP contribution is 2.33. The number of nitrogens with zero attached hydrogens (tertiary/aromatic N) is 5. The molecule has 3 aromatic carbocycles. The molecule has 0 aliphatic rings. The summed E-state index contributed by atoms with van der Waals surface area (Å²) in [6.07, 6.45) is 0. The summed E-state index contributed by atoms with van der Waals surface area (Å²) in [7, 11) is 3.24. The Bertz CT molecular complexity index is 1750. The molecule has 224 valence electrons. The van der Waals surface area contributed by atoms with Crippen LogP contribution in [0.1, 0.15) is 41.5 Å². The lowest BCUT2D eigenvalue weighted by atomic mass is 10.1. The minimum absolute atomic E-state index is 0.00852. The van der Waals surface area contributed by atoms with Gasteiger partial charge in [-0.1, -0.05) is 54.6 Å². The molecule has 0 spiro atoms. The summed E-state index contributed by atoms with van der Waals surface area (Å²) in [4.78, 5) is 37.4. The first kappa shape index (κ1) is 30.0. The average Bonchev–Trinajstić information content (AvgIpc) is 3.05. The number of hydrogen-bond acceptors (Lipinski definition) is 8. The van der Waals surface area contributed by atoms with Crippen molar-refractivity contribution in [2.45, 2.75) is 33.0 Å². The SMILES string of the molecule is COc1ccc(CN(Cc2ccc(OC)cc2)c2nc(-c3ccccc3)c(-c3ccc(=O)n(C(C)C)n3)nc2C(N)=O)cc1. The fourth-order valence-electron chi connectivity index (χ4n) is 4.82. The summed E-state index contributed by atoms with van der Waals surface area (Å²) in [5.41, 5.74) is 9.67. The van der Waals surface area contributed by atoms with Crippen molar-refractivity contribution in [3.8, 4) is 34.1 Å². The molecule has 10 nitrogen and oxygen atoms in total. The smallest absolute Gasteiger partial charge is 0.271 e. The second-order valence-corrected chi connectivity index (χ2v) is 10.5. The minimum atomic E-state index is -0.736. The van der Waals surface area contributed by atoms with E-state index in [0.717, 1.165) is 28.2 Å². The molecule has 5 aromatic rings. The van der Waals surface area contributed by atoms with Gasteiger partial charge in [-0.25, -0.2) is 14.6 Å². The predicted octanol–water partition coefficient (Wildman–Crippen LogP) is 5.27. The van der Waals surface area contributed by atoms with Crippen molar-refractivity contribution in [3.05, 3.63) is 118 Å². The number of methoxy groups -OCH3 is 2. The Kier molecular flexibility index (Phi) is 8.99. The molecule has 0 saturated heterocycles. The third-order valence-electron chi connectivity index (χ3n) is 7.08. The molecule has 0 unspecified atom stereocenters. The van der Waals surface area contributed by atoms with Gasteiger partial charge in [0.1, 0.15) is 28.6 Å². The zero-order valence-electron chi connectivity index (χ0n) is 25.1. The van der Waals surface area contributed by atoms with Gasteiger partial charge >= 0.3 is 0 Å². The van der Waals surface area contributed by atoms with Gasteiger partial charge < -0.3 is 20.1 Å². The van der Waals surface area contributed by atoms with Gasteiger partial charge in [0.2, 0.25) is 0 Å². The van der Waals surface area contributed by atoms with Crippen LogP contribution in [-0.2, 0) is 13.1 Å². The zero-order chi connectivity index (χ0) is 31.2. The monoisotopic (exact) mass is 590 g/mol. The van der Waals surface area contributed by atoms with Gasteiger partial charge in [0.05, 0.1) is 20.3 Å². The topological polar surface area (TPSA) is 125 Å². The van der Waals surface area contributed by atoms with Crippen molar-refractivity contribution in [3.63, 3.8) is 0 Å². The lowest BCUT2D eigenvalue weighted by Crippen LogP contribution is -2.29. The fourth-order valence-corrected chi connectivity index (χ4v) is 4.82. The van der Waals surface area contributed by atoms with Crippen molar-refractivity contribution in [1.82, 2.24) is 19.7 Å². The molecule has 0 aliphatic heterocycles. The standard InChI is InChI=1S/C34H34N6O4/c1-22(2)40-29(41)19-18-28(38-40)31-30(25-8-6-5-7-9-25)37-34(32(36-31)33(35)42)39(20-23-10-14-26(43-3)15-11-23)21-24-12-16-27(44-4)17-13-24/h5-19,22H,20-21H2,1-4H3,(H2,35,42). The van der Waals surface area contributed by atoms with Gasteiger partial charge in [-0.15, -0.1) is 0 Å². The summed E-state index contributed by atoms with van der Waals surface area (Å²) in [5.74, 6) is 1.06. The average molecular weight is 591 g/mol. The maximum atomic E-state index is 13.0. The molecule has 0 saturated carbocycles. The number of aromatic nitrogens is 4. The van der Waals surface area contributed by atoms with E-state index in [0.29, 0.717) is 36.0 Å². The first-order chi connectivity index (χ1) is 21.3. The van der Waals surface area contributed by atoms with E-state index in [2.05, 4.69) is 5.10 Å². The van der Waals surface area contributed by atoms with Crippen LogP contribution in [0.3, 0.4) is 0 Å². The van der Waals surface area contributed by atoms with Gasteiger partial charge in [0, 0.05) is 24.7 Å². The molecule has 10 heteroatoms. The molecule has 1 amide bonds. The molecular formula is C34H34N6O4. The second kappa shape index (κ2) is 13.2. The van der Waals surface area contributed by atoms with Crippen LogP contribution in [0.15, 0.2) is 95.8 Å². The lowest BCUT2D eigenvalue weighted by molar-refractivity contribution is 0.0995. The lowest BCUT2D eigenvalue weighted by Gasteiger charge is -2.27. The Labute approximate surface area is 255 Å². The number of anilines is 1. The van der Waals surface area contributed by atoms with E-state index in [1.165, 1.54) is 10.7 Å². The molecule has 2 aromatic heterocycles. The summed E-state index contributed by atoms with van der Waals surface area (Å²) in [5, 5.41) is 4.58. The van der Waals surface area contributed by atoms with Crippen molar-refractivity contribution in [2.75, 3.05) is 19.1 Å². The van der Waals surface area contributed by atoms with E-state index in [-0.39, 0.29) is 17.3 Å². The molecule has 0 radical (unpaired) electrons. The van der Waals surface area contributed by atoms with E-state index in [4.69, 9.17) is 25.2 Å². The molecule has 5 rings (SSSR count). The minimum Gasteiger partial charge on any atom is -0.497 e. The molecule has 2 heterocycles. The Morgan fingerprint density at radius 1 is 0.795 bits per heavy atom. The molecule has 44 heavy (non-hydrogen) atoms. The number of amides is 1. The largest absolute Gasteiger partial charge is 0.497 e. The van der Waals surface area contributed by atoms with Gasteiger partial charge in [0.15, 0.2) is 11.5 Å². The molecule has 0 bridgehead atoms. The van der Waals surface area contributed by atoms with Crippen LogP contribution in [-0.4, -0.2) is 39.9 Å². The quantitative estimate of drug-likeness (QED) is 0.221. The highest BCUT2D eigenvalue weighted by molar-refractivity contribution is 5.97. The number of primary amides is 1. The van der Waals surface area contributed by atoms with Crippen LogP contribution in [0, 0.1) is 0 Å². The Hall–Kier alpha value is -5.51. The van der Waals surface area contributed by atoms with E-state index in [9.17, 15) is 9.59 Å². The van der Waals surface area contributed by atoms with Crippen LogP contribution >= 0.6 is 0 Å². The van der Waals surface area contributed by atoms with E-state index in [1.54, 1.807) is 20.3 Å². The van der Waals surface area contributed by atoms with E-state index in [1.807, 2.05) is 97.6 Å². The first-order valence-corrected chi connectivity index (χ1v) is 14.2. The summed E-state index contributed by atoms with van der Waals surface area (Å²) in [6.45, 7) is 4.54. The van der Waals surface area contributed by atoms with Crippen molar-refractivity contribution in [1.29, 1.82) is 0 Å². The van der Waals surface area contributed by atoms with Crippen LogP contribution in [0.5, 0.6) is 11.5 Å². The highest BCUT2D eigenvalue weighted by Gasteiger charge is 2.25. The highest BCUT2D eigenvalue weighted by atomic mass is 16.5. The van der Waals surface area contributed by atoms with Gasteiger partial charge in [0.25, 0.3) is 11.5 Å². The fraction of sp³-hybridized carbons (Fsp3) is 0.206. The Balaban J connectivity index is 1.72. The molecular weight excluding hydrogens is 556 g/mol. The number of hydrogen-bond donors (Lipinski definition) is 1. The van der Waals surface area contributed by atoms with E-state index >= 15 is 0 Å². The number of carbonyl (C=O) groups is 1. The Morgan fingerprint density at radius 3 is 1.86 bits per heavy atom. The maximum absolute atomic E-state index is 13.0. The summed E-state index contributed by atoms with van der Waals surface area (Å²) < 4.78 is 12.1.